The molecule has 3 rings (SSSR count). The van der Waals surface area contributed by atoms with E-state index in [1.165, 1.54) is 11.8 Å². The van der Waals surface area contributed by atoms with E-state index < -0.39 is 0 Å². The molecule has 9 heteroatoms. The maximum Gasteiger partial charge on any atom is 0.237 e. The third-order valence-corrected chi connectivity index (χ3v) is 5.03. The molecule has 6 nitrogen and oxygen atoms in total. The Labute approximate surface area is 145 Å². The molecule has 0 aliphatic heterocycles. The minimum absolute atomic E-state index is 0.188. The highest BCUT2D eigenvalue weighted by Gasteiger charge is 2.18. The van der Waals surface area contributed by atoms with Crippen molar-refractivity contribution in [2.45, 2.75) is 17.3 Å². The molecule has 3 aromatic heterocycles. The first-order valence-electron chi connectivity index (χ1n) is 6.68. The third kappa shape index (κ3) is 3.90. The van der Waals surface area contributed by atoms with Crippen molar-refractivity contribution in [1.82, 2.24) is 20.2 Å². The van der Waals surface area contributed by atoms with Crippen molar-refractivity contribution in [2.24, 2.45) is 0 Å². The van der Waals surface area contributed by atoms with Crippen molar-refractivity contribution in [1.29, 1.82) is 0 Å². The predicted octanol–water partition coefficient (Wildman–Crippen LogP) is 3.70. The number of hydrogen-bond donors (Lipinski definition) is 2. The first-order chi connectivity index (χ1) is 11.1. The van der Waals surface area contributed by atoms with E-state index in [4.69, 9.17) is 11.6 Å². The second-order valence-corrected chi connectivity index (χ2v) is 7.15. The second kappa shape index (κ2) is 7.12. The zero-order chi connectivity index (χ0) is 16.2. The zero-order valence-electron chi connectivity index (χ0n) is 12.0. The Morgan fingerprint density at radius 3 is 3.04 bits per heavy atom. The van der Waals surface area contributed by atoms with Crippen LogP contribution in [0, 0.1) is 0 Å². The van der Waals surface area contributed by atoms with Gasteiger partial charge >= 0.3 is 0 Å². The van der Waals surface area contributed by atoms with Crippen molar-refractivity contribution in [3.8, 4) is 10.7 Å². The fourth-order valence-electron chi connectivity index (χ4n) is 1.75. The fraction of sp³-hybridized carbons (Fsp3) is 0.143. The van der Waals surface area contributed by atoms with Gasteiger partial charge in [-0.05, 0) is 30.5 Å². The Balaban J connectivity index is 1.64. The molecule has 0 spiro atoms. The summed E-state index contributed by atoms with van der Waals surface area (Å²) < 4.78 is 0. The van der Waals surface area contributed by atoms with E-state index in [0.717, 1.165) is 4.88 Å². The summed E-state index contributed by atoms with van der Waals surface area (Å²) in [6.07, 6.45) is 1.57. The Morgan fingerprint density at radius 2 is 2.30 bits per heavy atom. The first kappa shape index (κ1) is 16.0. The van der Waals surface area contributed by atoms with E-state index >= 15 is 0 Å². The van der Waals surface area contributed by atoms with E-state index in [1.54, 1.807) is 36.6 Å². The third-order valence-electron chi connectivity index (χ3n) is 2.89. The highest BCUT2D eigenvalue weighted by molar-refractivity contribution is 8.00. The van der Waals surface area contributed by atoms with Gasteiger partial charge in [0, 0.05) is 6.20 Å². The molecular weight excluding hydrogens is 354 g/mol. The number of amides is 1. The van der Waals surface area contributed by atoms with Crippen molar-refractivity contribution < 1.29 is 4.79 Å². The van der Waals surface area contributed by atoms with Gasteiger partial charge in [-0.25, -0.2) is 9.97 Å². The summed E-state index contributed by atoms with van der Waals surface area (Å²) in [5.41, 5.74) is 0.487. The summed E-state index contributed by atoms with van der Waals surface area (Å²) in [5, 5.41) is 12.1. The summed E-state index contributed by atoms with van der Waals surface area (Å²) in [6.45, 7) is 1.78. The molecule has 0 aliphatic rings. The minimum Gasteiger partial charge on any atom is -0.322 e. The quantitative estimate of drug-likeness (QED) is 0.532. The summed E-state index contributed by atoms with van der Waals surface area (Å²) in [6, 6.07) is 7.32. The maximum atomic E-state index is 12.2. The molecule has 0 unspecified atom stereocenters. The van der Waals surface area contributed by atoms with Crippen molar-refractivity contribution in [3.05, 3.63) is 41.0 Å². The molecule has 0 radical (unpaired) electrons. The van der Waals surface area contributed by atoms with E-state index in [9.17, 15) is 4.79 Å². The lowest BCUT2D eigenvalue weighted by molar-refractivity contribution is -0.115. The zero-order valence-corrected chi connectivity index (χ0v) is 14.4. The standard InChI is InChI=1S/C14H12ClN5OS2/c1-8(13(21)17-9-4-2-6-16-11(9)15)23-14-18-12(19-20-14)10-5-3-7-22-10/h2-8H,1H3,(H,17,21)(H,18,19,20)/t8-/m1/s1. The molecular formula is C14H12ClN5OS2. The summed E-state index contributed by atoms with van der Waals surface area (Å²) in [5.74, 6) is 0.512. The number of H-pyrrole nitrogens is 1. The van der Waals surface area contributed by atoms with Crippen LogP contribution >= 0.6 is 34.7 Å². The van der Waals surface area contributed by atoms with Crippen LogP contribution in [0.5, 0.6) is 0 Å². The van der Waals surface area contributed by atoms with Gasteiger partial charge in [0.2, 0.25) is 11.1 Å². The lowest BCUT2D eigenvalue weighted by Gasteiger charge is -2.10. The van der Waals surface area contributed by atoms with Crippen LogP contribution in [0.3, 0.4) is 0 Å². The molecule has 0 fully saturated rings. The van der Waals surface area contributed by atoms with Gasteiger partial charge in [0.1, 0.15) is 0 Å². The molecule has 23 heavy (non-hydrogen) atoms. The normalized spacial score (nSPS) is 12.1. The highest BCUT2D eigenvalue weighted by atomic mass is 35.5. The lowest BCUT2D eigenvalue weighted by Crippen LogP contribution is -2.22. The Bertz CT molecular complexity index is 805. The SMILES string of the molecule is C[C@@H](Sc1n[nH]c(-c2cccs2)n1)C(=O)Nc1cccnc1Cl. The molecule has 1 atom stereocenters. The van der Waals surface area contributed by atoms with Crippen LogP contribution in [0.25, 0.3) is 10.7 Å². The van der Waals surface area contributed by atoms with Crippen LogP contribution in [-0.4, -0.2) is 31.3 Å². The Kier molecular flexibility index (Phi) is 4.94. The van der Waals surface area contributed by atoms with Gasteiger partial charge in [-0.3, -0.25) is 9.89 Å². The van der Waals surface area contributed by atoms with Crippen LogP contribution in [0.1, 0.15) is 6.92 Å². The number of hydrogen-bond acceptors (Lipinski definition) is 6. The number of aromatic nitrogens is 4. The van der Waals surface area contributed by atoms with Gasteiger partial charge in [-0.15, -0.1) is 16.4 Å². The van der Waals surface area contributed by atoms with Crippen LogP contribution < -0.4 is 5.32 Å². The number of rotatable bonds is 5. The van der Waals surface area contributed by atoms with Gasteiger partial charge in [-0.1, -0.05) is 29.4 Å². The summed E-state index contributed by atoms with van der Waals surface area (Å²) >= 11 is 8.78. The molecule has 0 aliphatic carbocycles. The Morgan fingerprint density at radius 1 is 1.43 bits per heavy atom. The maximum absolute atomic E-state index is 12.2. The van der Waals surface area contributed by atoms with Crippen LogP contribution in [0.4, 0.5) is 5.69 Å². The number of nitrogens with one attached hydrogen (secondary N) is 2. The number of anilines is 1. The summed E-state index contributed by atoms with van der Waals surface area (Å²) in [7, 11) is 0. The van der Waals surface area contributed by atoms with Gasteiger partial charge < -0.3 is 5.32 Å². The molecule has 0 saturated heterocycles. The topological polar surface area (TPSA) is 83.6 Å². The molecule has 1 amide bonds. The average molecular weight is 366 g/mol. The van der Waals surface area contributed by atoms with E-state index in [2.05, 4.69) is 25.5 Å². The van der Waals surface area contributed by atoms with Crippen molar-refractivity contribution in [2.75, 3.05) is 5.32 Å². The number of halogens is 1. The molecule has 0 saturated carbocycles. The van der Waals surface area contributed by atoms with Crippen molar-refractivity contribution >= 4 is 46.3 Å². The monoisotopic (exact) mass is 365 g/mol. The molecule has 0 bridgehead atoms. The molecule has 3 heterocycles. The first-order valence-corrected chi connectivity index (χ1v) is 8.81. The lowest BCUT2D eigenvalue weighted by atomic mass is 10.4. The predicted molar refractivity (Wildman–Crippen MR) is 92.9 cm³/mol. The number of carbonyl (C=O) groups is 1. The van der Waals surface area contributed by atoms with Gasteiger partial charge in [0.15, 0.2) is 11.0 Å². The molecule has 0 aromatic carbocycles. The van der Waals surface area contributed by atoms with E-state index in [-0.39, 0.29) is 16.3 Å². The van der Waals surface area contributed by atoms with Crippen molar-refractivity contribution in [3.63, 3.8) is 0 Å². The number of thiophene rings is 1. The number of pyridine rings is 1. The number of thioether (sulfide) groups is 1. The van der Waals surface area contributed by atoms with Gasteiger partial charge in [0.05, 0.1) is 15.8 Å². The smallest absolute Gasteiger partial charge is 0.237 e. The minimum atomic E-state index is -0.377. The van der Waals surface area contributed by atoms with E-state index in [1.807, 2.05) is 17.5 Å². The van der Waals surface area contributed by atoms with Crippen LogP contribution in [0.2, 0.25) is 5.15 Å². The molecule has 2 N–H and O–H groups in total. The van der Waals surface area contributed by atoms with Gasteiger partial charge in [0.25, 0.3) is 0 Å². The Hall–Kier alpha value is -1.90. The average Bonchev–Trinajstić information content (AvgIpc) is 3.20. The van der Waals surface area contributed by atoms with E-state index in [0.29, 0.717) is 16.7 Å². The second-order valence-electron chi connectivity index (χ2n) is 4.53. The molecule has 3 aromatic rings. The fourth-order valence-corrected chi connectivity index (χ4v) is 3.30. The number of carbonyl (C=O) groups excluding carboxylic acids is 1. The van der Waals surface area contributed by atoms with Gasteiger partial charge in [-0.2, -0.15) is 0 Å². The van der Waals surface area contributed by atoms with Crippen LogP contribution in [0.15, 0.2) is 41.0 Å². The number of nitrogens with zero attached hydrogens (tertiary/aromatic N) is 3. The van der Waals surface area contributed by atoms with Crippen LogP contribution in [-0.2, 0) is 4.79 Å². The summed E-state index contributed by atoms with van der Waals surface area (Å²) in [4.78, 5) is 21.5. The number of aromatic amines is 1. The molecule has 118 valence electrons. The highest BCUT2D eigenvalue weighted by Crippen LogP contribution is 2.26. The largest absolute Gasteiger partial charge is 0.322 e.